The van der Waals surface area contributed by atoms with Crippen LogP contribution in [0.15, 0.2) is 24.3 Å². The molecule has 6 heteroatoms. The number of nitro groups is 1. The van der Waals surface area contributed by atoms with Crippen LogP contribution in [0.25, 0.3) is 0 Å². The molecule has 0 bridgehead atoms. The Morgan fingerprint density at radius 3 is 2.74 bits per heavy atom. The minimum absolute atomic E-state index is 0.0598. The van der Waals surface area contributed by atoms with Gasteiger partial charge in [0.1, 0.15) is 5.56 Å². The number of hydrogen-bond donors (Lipinski definition) is 1. The number of para-hydroxylation sites is 1. The monoisotopic (exact) mass is 263 g/mol. The van der Waals surface area contributed by atoms with Crippen molar-refractivity contribution in [2.24, 2.45) is 11.7 Å². The second kappa shape index (κ2) is 5.36. The number of carbonyl (C=O) groups excluding carboxylic acids is 1. The summed E-state index contributed by atoms with van der Waals surface area (Å²) < 4.78 is 0. The SMILES string of the molecule is CC1CC(N)CN(C(=O)c2ccccc2[N+](=O)[O-])C1. The number of likely N-dealkylation sites (tertiary alicyclic amines) is 1. The van der Waals surface area contributed by atoms with Crippen LogP contribution in [0.2, 0.25) is 0 Å². The molecule has 102 valence electrons. The number of benzene rings is 1. The molecular formula is C13H17N3O3. The summed E-state index contributed by atoms with van der Waals surface area (Å²) in [5, 5.41) is 10.9. The summed E-state index contributed by atoms with van der Waals surface area (Å²) in [5.74, 6) is 0.00442. The molecule has 0 saturated carbocycles. The zero-order valence-corrected chi connectivity index (χ0v) is 10.8. The molecule has 0 spiro atoms. The molecule has 1 aromatic carbocycles. The number of nitrogens with zero attached hydrogens (tertiary/aromatic N) is 2. The third-order valence-electron chi connectivity index (χ3n) is 3.31. The normalized spacial score (nSPS) is 23.2. The third kappa shape index (κ3) is 2.90. The molecule has 1 amide bonds. The average molecular weight is 263 g/mol. The second-order valence-electron chi connectivity index (χ2n) is 5.09. The fraction of sp³-hybridized carbons (Fsp3) is 0.462. The summed E-state index contributed by atoms with van der Waals surface area (Å²) in [6.07, 6.45) is 0.876. The van der Waals surface area contributed by atoms with Crippen molar-refractivity contribution in [2.45, 2.75) is 19.4 Å². The highest BCUT2D eigenvalue weighted by Gasteiger charge is 2.29. The van der Waals surface area contributed by atoms with Gasteiger partial charge < -0.3 is 10.6 Å². The lowest BCUT2D eigenvalue weighted by Gasteiger charge is -2.34. The maximum atomic E-state index is 12.4. The predicted octanol–water partition coefficient (Wildman–Crippen LogP) is 1.40. The Morgan fingerprint density at radius 1 is 1.42 bits per heavy atom. The van der Waals surface area contributed by atoms with E-state index in [-0.39, 0.29) is 23.2 Å². The van der Waals surface area contributed by atoms with E-state index in [2.05, 4.69) is 0 Å². The molecule has 19 heavy (non-hydrogen) atoms. The van der Waals surface area contributed by atoms with E-state index in [4.69, 9.17) is 5.73 Å². The molecule has 1 aliphatic heterocycles. The van der Waals surface area contributed by atoms with Crippen LogP contribution in [-0.2, 0) is 0 Å². The van der Waals surface area contributed by atoms with Gasteiger partial charge in [0.25, 0.3) is 11.6 Å². The van der Waals surface area contributed by atoms with Gasteiger partial charge in [0, 0.05) is 25.2 Å². The Labute approximate surface area is 111 Å². The van der Waals surface area contributed by atoms with E-state index in [9.17, 15) is 14.9 Å². The largest absolute Gasteiger partial charge is 0.337 e. The smallest absolute Gasteiger partial charge is 0.282 e. The number of hydrogen-bond acceptors (Lipinski definition) is 4. The highest BCUT2D eigenvalue weighted by molar-refractivity contribution is 5.98. The van der Waals surface area contributed by atoms with E-state index in [0.29, 0.717) is 19.0 Å². The van der Waals surface area contributed by atoms with Crippen LogP contribution in [0.4, 0.5) is 5.69 Å². The van der Waals surface area contributed by atoms with Gasteiger partial charge in [-0.2, -0.15) is 0 Å². The molecular weight excluding hydrogens is 246 g/mol. The van der Waals surface area contributed by atoms with Crippen molar-refractivity contribution in [1.82, 2.24) is 4.90 Å². The predicted molar refractivity (Wildman–Crippen MR) is 70.8 cm³/mol. The van der Waals surface area contributed by atoms with Gasteiger partial charge in [0.05, 0.1) is 4.92 Å². The van der Waals surface area contributed by atoms with Gasteiger partial charge in [-0.1, -0.05) is 19.1 Å². The summed E-state index contributed by atoms with van der Waals surface area (Å²) >= 11 is 0. The van der Waals surface area contributed by atoms with Crippen molar-refractivity contribution < 1.29 is 9.72 Å². The molecule has 0 radical (unpaired) electrons. The van der Waals surface area contributed by atoms with Crippen molar-refractivity contribution in [3.63, 3.8) is 0 Å². The van der Waals surface area contributed by atoms with Gasteiger partial charge in [-0.3, -0.25) is 14.9 Å². The van der Waals surface area contributed by atoms with E-state index < -0.39 is 4.92 Å². The van der Waals surface area contributed by atoms with Gasteiger partial charge in [-0.15, -0.1) is 0 Å². The second-order valence-corrected chi connectivity index (χ2v) is 5.09. The maximum Gasteiger partial charge on any atom is 0.282 e. The molecule has 1 fully saturated rings. The van der Waals surface area contributed by atoms with E-state index in [1.165, 1.54) is 12.1 Å². The van der Waals surface area contributed by atoms with Crippen LogP contribution in [0.5, 0.6) is 0 Å². The van der Waals surface area contributed by atoms with Crippen LogP contribution in [0.3, 0.4) is 0 Å². The van der Waals surface area contributed by atoms with Crippen molar-refractivity contribution in [3.8, 4) is 0 Å². The molecule has 1 aliphatic rings. The Morgan fingerprint density at radius 2 is 2.11 bits per heavy atom. The fourth-order valence-electron chi connectivity index (χ4n) is 2.55. The molecule has 0 aliphatic carbocycles. The lowest BCUT2D eigenvalue weighted by Crippen LogP contribution is -2.48. The molecule has 1 saturated heterocycles. The molecule has 1 aromatic rings. The highest BCUT2D eigenvalue weighted by Crippen LogP contribution is 2.22. The number of amides is 1. The van der Waals surface area contributed by atoms with Crippen LogP contribution in [0, 0.1) is 16.0 Å². The Bertz CT molecular complexity index is 494. The van der Waals surface area contributed by atoms with E-state index >= 15 is 0 Å². The first-order valence-corrected chi connectivity index (χ1v) is 6.27. The molecule has 6 nitrogen and oxygen atoms in total. The van der Waals surface area contributed by atoms with Crippen LogP contribution >= 0.6 is 0 Å². The van der Waals surface area contributed by atoms with Gasteiger partial charge in [0.2, 0.25) is 0 Å². The zero-order chi connectivity index (χ0) is 14.0. The lowest BCUT2D eigenvalue weighted by molar-refractivity contribution is -0.385. The Hall–Kier alpha value is -1.95. The Balaban J connectivity index is 2.27. The first-order chi connectivity index (χ1) is 8.99. The van der Waals surface area contributed by atoms with Gasteiger partial charge in [-0.25, -0.2) is 0 Å². The van der Waals surface area contributed by atoms with Crippen molar-refractivity contribution in [2.75, 3.05) is 13.1 Å². The zero-order valence-electron chi connectivity index (χ0n) is 10.8. The summed E-state index contributed by atoms with van der Waals surface area (Å²) in [4.78, 5) is 24.4. The highest BCUT2D eigenvalue weighted by atomic mass is 16.6. The van der Waals surface area contributed by atoms with Crippen molar-refractivity contribution >= 4 is 11.6 Å². The Kier molecular flexibility index (Phi) is 3.80. The molecule has 2 N–H and O–H groups in total. The number of nitrogens with two attached hydrogens (primary N) is 1. The standard InChI is InChI=1S/C13H17N3O3/c1-9-6-10(14)8-15(7-9)13(17)11-4-2-3-5-12(11)16(18)19/h2-5,9-10H,6-8,14H2,1H3. The third-order valence-corrected chi connectivity index (χ3v) is 3.31. The van der Waals surface area contributed by atoms with Crippen LogP contribution in [-0.4, -0.2) is 34.9 Å². The molecule has 2 atom stereocenters. The van der Waals surface area contributed by atoms with E-state index in [1.54, 1.807) is 17.0 Å². The minimum Gasteiger partial charge on any atom is -0.337 e. The topological polar surface area (TPSA) is 89.5 Å². The molecule has 0 aromatic heterocycles. The van der Waals surface area contributed by atoms with Crippen LogP contribution < -0.4 is 5.73 Å². The number of carbonyl (C=O) groups is 1. The number of piperidine rings is 1. The average Bonchev–Trinajstić information content (AvgIpc) is 2.36. The number of nitro benzene ring substituents is 1. The number of rotatable bonds is 2. The summed E-state index contributed by atoms with van der Waals surface area (Å²) in [6, 6.07) is 5.97. The first kappa shape index (κ1) is 13.5. The lowest BCUT2D eigenvalue weighted by atomic mass is 9.96. The first-order valence-electron chi connectivity index (χ1n) is 6.27. The van der Waals surface area contributed by atoms with Gasteiger partial charge >= 0.3 is 0 Å². The quantitative estimate of drug-likeness (QED) is 0.645. The van der Waals surface area contributed by atoms with Crippen molar-refractivity contribution in [3.05, 3.63) is 39.9 Å². The van der Waals surface area contributed by atoms with E-state index in [0.717, 1.165) is 6.42 Å². The fourth-order valence-corrected chi connectivity index (χ4v) is 2.55. The van der Waals surface area contributed by atoms with Gasteiger partial charge in [0.15, 0.2) is 0 Å². The minimum atomic E-state index is -0.527. The molecule has 1 heterocycles. The van der Waals surface area contributed by atoms with E-state index in [1.807, 2.05) is 6.92 Å². The van der Waals surface area contributed by atoms with Crippen molar-refractivity contribution in [1.29, 1.82) is 0 Å². The molecule has 2 unspecified atom stereocenters. The van der Waals surface area contributed by atoms with Crippen LogP contribution in [0.1, 0.15) is 23.7 Å². The summed E-state index contributed by atoms with van der Waals surface area (Å²) in [5.41, 5.74) is 5.88. The van der Waals surface area contributed by atoms with Gasteiger partial charge in [-0.05, 0) is 18.4 Å². The summed E-state index contributed by atoms with van der Waals surface area (Å²) in [7, 11) is 0. The summed E-state index contributed by atoms with van der Waals surface area (Å²) in [6.45, 7) is 3.08. The maximum absolute atomic E-state index is 12.4. The molecule has 2 rings (SSSR count).